The minimum atomic E-state index is -1.11. The zero-order chi connectivity index (χ0) is 14.3. The van der Waals surface area contributed by atoms with Crippen LogP contribution >= 0.6 is 0 Å². The number of aromatic carboxylic acids is 1. The van der Waals surface area contributed by atoms with E-state index in [0.717, 1.165) is 0 Å². The van der Waals surface area contributed by atoms with Crippen molar-refractivity contribution in [3.63, 3.8) is 0 Å². The van der Waals surface area contributed by atoms with E-state index < -0.39 is 5.97 Å². The molecule has 3 rings (SSSR count). The first-order valence-electron chi connectivity index (χ1n) is 6.09. The van der Waals surface area contributed by atoms with E-state index in [1.807, 2.05) is 0 Å². The minimum absolute atomic E-state index is 0.0781. The maximum absolute atomic E-state index is 13.8. The highest BCUT2D eigenvalue weighted by Crippen LogP contribution is 2.31. The quantitative estimate of drug-likeness (QED) is 0.757. The highest BCUT2D eigenvalue weighted by Gasteiger charge is 2.17. The molecule has 0 spiro atoms. The van der Waals surface area contributed by atoms with Gasteiger partial charge in [0.1, 0.15) is 11.4 Å². The number of hydrogen-bond acceptors (Lipinski definition) is 2. The van der Waals surface area contributed by atoms with Crippen LogP contribution < -0.4 is 0 Å². The molecule has 0 atom stereocenters. The number of carboxylic acids is 1. The molecule has 3 aromatic rings. The summed E-state index contributed by atoms with van der Waals surface area (Å²) in [6.07, 6.45) is 0. The maximum atomic E-state index is 13.8. The lowest BCUT2D eigenvalue weighted by Crippen LogP contribution is -1.95. The number of fused-ring (bicyclic) bond motifs is 1. The fourth-order valence-corrected chi connectivity index (χ4v) is 2.29. The van der Waals surface area contributed by atoms with Crippen LogP contribution in [0.15, 0.2) is 46.9 Å². The summed E-state index contributed by atoms with van der Waals surface area (Å²) in [5, 5.41) is 9.73. The molecule has 3 nitrogen and oxygen atoms in total. The molecule has 0 amide bonds. The van der Waals surface area contributed by atoms with Crippen molar-refractivity contribution < 1.29 is 18.7 Å². The van der Waals surface area contributed by atoms with Gasteiger partial charge in [0.2, 0.25) is 5.76 Å². The van der Waals surface area contributed by atoms with E-state index in [-0.39, 0.29) is 11.6 Å². The van der Waals surface area contributed by atoms with Crippen LogP contribution in [0.4, 0.5) is 4.39 Å². The second-order valence-corrected chi connectivity index (χ2v) is 4.55. The van der Waals surface area contributed by atoms with Crippen LogP contribution in [0.2, 0.25) is 0 Å². The predicted molar refractivity (Wildman–Crippen MR) is 73.3 cm³/mol. The molecule has 0 saturated carbocycles. The summed E-state index contributed by atoms with van der Waals surface area (Å²) in [4.78, 5) is 11.0. The van der Waals surface area contributed by atoms with Crippen molar-refractivity contribution in [1.82, 2.24) is 0 Å². The summed E-state index contributed by atoms with van der Waals surface area (Å²) in [7, 11) is 0. The predicted octanol–water partition coefficient (Wildman–Crippen LogP) is 4.25. The third-order valence-electron chi connectivity index (χ3n) is 3.32. The molecule has 4 heteroatoms. The van der Waals surface area contributed by atoms with Crippen molar-refractivity contribution in [1.29, 1.82) is 0 Å². The Kier molecular flexibility index (Phi) is 2.79. The first-order valence-corrected chi connectivity index (χ1v) is 6.09. The number of hydrogen-bond donors (Lipinski definition) is 1. The third-order valence-corrected chi connectivity index (χ3v) is 3.32. The van der Waals surface area contributed by atoms with E-state index in [1.54, 1.807) is 43.3 Å². The van der Waals surface area contributed by atoms with E-state index >= 15 is 0 Å². The second-order valence-electron chi connectivity index (χ2n) is 4.55. The zero-order valence-electron chi connectivity index (χ0n) is 10.7. The monoisotopic (exact) mass is 270 g/mol. The smallest absolute Gasteiger partial charge is 0.372 e. The number of rotatable bonds is 2. The molecule has 0 saturated heterocycles. The molecule has 0 aliphatic rings. The average molecular weight is 270 g/mol. The van der Waals surface area contributed by atoms with Gasteiger partial charge < -0.3 is 9.52 Å². The molecule has 0 radical (unpaired) electrons. The van der Waals surface area contributed by atoms with E-state index in [1.165, 1.54) is 6.07 Å². The molecule has 0 fully saturated rings. The third kappa shape index (κ3) is 1.86. The Morgan fingerprint density at radius 1 is 1.20 bits per heavy atom. The van der Waals surface area contributed by atoms with Crippen LogP contribution in [0.5, 0.6) is 0 Å². The Balaban J connectivity index is 2.23. The Bertz CT molecular complexity index is 818. The number of halogens is 1. The molecular formula is C16H11FO3. The van der Waals surface area contributed by atoms with Gasteiger partial charge in [-0.2, -0.15) is 0 Å². The molecule has 0 bridgehead atoms. The molecule has 1 aromatic heterocycles. The standard InChI is InChI=1S/C16H11FO3/c1-9-12-8-10(11-4-2-3-5-13(11)17)6-7-14(12)20-15(9)16(18)19/h2-8H,1H3,(H,18,19). The van der Waals surface area contributed by atoms with Crippen molar-refractivity contribution in [2.75, 3.05) is 0 Å². The number of aryl methyl sites for hydroxylation is 1. The van der Waals surface area contributed by atoms with Crippen LogP contribution in [0.25, 0.3) is 22.1 Å². The van der Waals surface area contributed by atoms with E-state index in [4.69, 9.17) is 9.52 Å². The maximum Gasteiger partial charge on any atom is 0.372 e. The van der Waals surface area contributed by atoms with Gasteiger partial charge in [-0.15, -0.1) is 0 Å². The Morgan fingerprint density at radius 2 is 1.95 bits per heavy atom. The van der Waals surface area contributed by atoms with Crippen molar-refractivity contribution in [2.24, 2.45) is 0 Å². The number of carboxylic acid groups (broad SMARTS) is 1. The molecular weight excluding hydrogens is 259 g/mol. The summed E-state index contributed by atoms with van der Waals surface area (Å²) in [6.45, 7) is 1.68. The summed E-state index contributed by atoms with van der Waals surface area (Å²) < 4.78 is 19.1. The largest absolute Gasteiger partial charge is 0.475 e. The van der Waals surface area contributed by atoms with Gasteiger partial charge in [0, 0.05) is 16.5 Å². The molecule has 1 N–H and O–H groups in total. The molecule has 2 aromatic carbocycles. The van der Waals surface area contributed by atoms with Gasteiger partial charge in [-0.3, -0.25) is 0 Å². The van der Waals surface area contributed by atoms with Crippen molar-refractivity contribution >= 4 is 16.9 Å². The lowest BCUT2D eigenvalue weighted by atomic mass is 10.0. The molecule has 100 valence electrons. The second kappa shape index (κ2) is 4.49. The topological polar surface area (TPSA) is 50.4 Å². The van der Waals surface area contributed by atoms with Gasteiger partial charge in [-0.05, 0) is 30.7 Å². The van der Waals surface area contributed by atoms with Gasteiger partial charge in [0.25, 0.3) is 0 Å². The Morgan fingerprint density at radius 3 is 2.65 bits per heavy atom. The molecule has 1 heterocycles. The van der Waals surface area contributed by atoms with Crippen LogP contribution in [0.1, 0.15) is 16.1 Å². The summed E-state index contributed by atoms with van der Waals surface area (Å²) in [5.74, 6) is -1.50. The van der Waals surface area contributed by atoms with E-state index in [9.17, 15) is 9.18 Å². The Hall–Kier alpha value is -2.62. The summed E-state index contributed by atoms with van der Waals surface area (Å²) in [6, 6.07) is 11.6. The minimum Gasteiger partial charge on any atom is -0.475 e. The fourth-order valence-electron chi connectivity index (χ4n) is 2.29. The van der Waals surface area contributed by atoms with Gasteiger partial charge in [0.05, 0.1) is 0 Å². The van der Waals surface area contributed by atoms with Gasteiger partial charge in [-0.1, -0.05) is 24.3 Å². The molecule has 0 unspecified atom stereocenters. The highest BCUT2D eigenvalue weighted by atomic mass is 19.1. The van der Waals surface area contributed by atoms with E-state index in [0.29, 0.717) is 27.7 Å². The fraction of sp³-hybridized carbons (Fsp3) is 0.0625. The lowest BCUT2D eigenvalue weighted by molar-refractivity contribution is 0.0664. The molecule has 20 heavy (non-hydrogen) atoms. The normalized spacial score (nSPS) is 10.9. The average Bonchev–Trinajstić information content (AvgIpc) is 2.76. The van der Waals surface area contributed by atoms with Gasteiger partial charge in [0.15, 0.2) is 0 Å². The van der Waals surface area contributed by atoms with Crippen LogP contribution in [0.3, 0.4) is 0 Å². The summed E-state index contributed by atoms with van der Waals surface area (Å²) >= 11 is 0. The lowest BCUT2D eigenvalue weighted by Gasteiger charge is -2.03. The van der Waals surface area contributed by atoms with Crippen molar-refractivity contribution in [2.45, 2.75) is 6.92 Å². The number of furan rings is 1. The summed E-state index contributed by atoms with van der Waals surface area (Å²) in [5.41, 5.74) is 2.20. The SMILES string of the molecule is Cc1c(C(=O)O)oc2ccc(-c3ccccc3F)cc12. The highest BCUT2D eigenvalue weighted by molar-refractivity contribution is 5.96. The number of benzene rings is 2. The van der Waals surface area contributed by atoms with Gasteiger partial charge >= 0.3 is 5.97 Å². The Labute approximate surface area is 114 Å². The molecule has 0 aliphatic heterocycles. The van der Waals surface area contributed by atoms with E-state index in [2.05, 4.69) is 0 Å². The zero-order valence-corrected chi connectivity index (χ0v) is 10.7. The van der Waals surface area contributed by atoms with Crippen molar-refractivity contribution in [3.8, 4) is 11.1 Å². The van der Waals surface area contributed by atoms with Crippen LogP contribution in [-0.2, 0) is 0 Å². The van der Waals surface area contributed by atoms with Gasteiger partial charge in [-0.25, -0.2) is 9.18 Å². The molecule has 0 aliphatic carbocycles. The number of carbonyl (C=O) groups is 1. The van der Waals surface area contributed by atoms with Crippen molar-refractivity contribution in [3.05, 3.63) is 59.6 Å². The first-order chi connectivity index (χ1) is 9.58. The van der Waals surface area contributed by atoms with Crippen LogP contribution in [-0.4, -0.2) is 11.1 Å². The van der Waals surface area contributed by atoms with Crippen LogP contribution in [0, 0.1) is 12.7 Å². The first kappa shape index (κ1) is 12.4.